The van der Waals surface area contributed by atoms with Crippen LogP contribution in [0.4, 0.5) is 4.39 Å². The maximum atomic E-state index is 12.8. The Morgan fingerprint density at radius 1 is 1.18 bits per heavy atom. The molecule has 1 N–H and O–H groups in total. The van der Waals surface area contributed by atoms with Crippen LogP contribution in [0.1, 0.15) is 45.0 Å². The summed E-state index contributed by atoms with van der Waals surface area (Å²) >= 11 is 0. The number of ketones is 1. The van der Waals surface area contributed by atoms with Gasteiger partial charge in [0.25, 0.3) is 0 Å². The van der Waals surface area contributed by atoms with Crippen LogP contribution in [0, 0.1) is 5.82 Å². The molecule has 2 rings (SSSR count). The number of halogens is 1. The first-order chi connectivity index (χ1) is 8.18. The number of rotatable bonds is 1. The number of H-pyrrole nitrogens is 1. The molecular weight excluding hydrogens is 217 g/mol. The largest absolute Gasteiger partial charge is 0.360 e. The Bertz CT molecular complexity index is 474. The zero-order valence-corrected chi connectivity index (χ0v) is 11.1. The number of carbonyl (C=O) groups is 1. The van der Waals surface area contributed by atoms with Crippen molar-refractivity contribution in [3.05, 3.63) is 35.8 Å². The third-order valence-electron chi connectivity index (χ3n) is 2.02. The van der Waals surface area contributed by atoms with Gasteiger partial charge in [-0.1, -0.05) is 27.7 Å². The van der Waals surface area contributed by atoms with Gasteiger partial charge in [0.05, 0.1) is 0 Å². The number of Topliss-reactive ketones (excluding diaryl/α,β-unsaturated/α-hetero) is 1. The van der Waals surface area contributed by atoms with Gasteiger partial charge in [-0.15, -0.1) is 0 Å². The van der Waals surface area contributed by atoms with Crippen LogP contribution in [-0.4, -0.2) is 10.8 Å². The maximum Gasteiger partial charge on any atom is 0.161 e. The van der Waals surface area contributed by atoms with Crippen molar-refractivity contribution in [1.29, 1.82) is 0 Å². The van der Waals surface area contributed by atoms with E-state index in [1.165, 1.54) is 19.1 Å². The first-order valence-electron chi connectivity index (χ1n) is 5.96. The molecule has 0 aliphatic heterocycles. The lowest BCUT2D eigenvalue weighted by molar-refractivity contribution is 0.101. The average molecular weight is 237 g/mol. The summed E-state index contributed by atoms with van der Waals surface area (Å²) in [6.07, 6.45) is 1.60. The van der Waals surface area contributed by atoms with E-state index >= 15 is 0 Å². The van der Waals surface area contributed by atoms with Crippen LogP contribution >= 0.6 is 0 Å². The Balaban J connectivity index is 0.000000581. The van der Waals surface area contributed by atoms with Crippen molar-refractivity contribution >= 4 is 16.7 Å². The minimum Gasteiger partial charge on any atom is -0.360 e. The van der Waals surface area contributed by atoms with Gasteiger partial charge in [-0.3, -0.25) is 4.79 Å². The zero-order chi connectivity index (χ0) is 13.4. The van der Waals surface area contributed by atoms with E-state index in [-0.39, 0.29) is 11.6 Å². The number of hydrogen-bond acceptors (Lipinski definition) is 1. The lowest BCUT2D eigenvalue weighted by Crippen LogP contribution is -1.88. The third kappa shape index (κ3) is 3.70. The van der Waals surface area contributed by atoms with Gasteiger partial charge in [-0.2, -0.15) is 0 Å². The molecule has 3 heteroatoms. The van der Waals surface area contributed by atoms with E-state index in [9.17, 15) is 9.18 Å². The van der Waals surface area contributed by atoms with Gasteiger partial charge in [-0.05, 0) is 25.1 Å². The lowest BCUT2D eigenvalue weighted by Gasteiger charge is -1.92. The lowest BCUT2D eigenvalue weighted by atomic mass is 10.1. The van der Waals surface area contributed by atoms with Crippen molar-refractivity contribution in [3.63, 3.8) is 0 Å². The Morgan fingerprint density at radius 2 is 1.76 bits per heavy atom. The normalized spacial score (nSPS) is 8.82. The summed E-state index contributed by atoms with van der Waals surface area (Å²) in [6, 6.07) is 4.35. The van der Waals surface area contributed by atoms with Crippen molar-refractivity contribution in [2.45, 2.75) is 34.6 Å². The van der Waals surface area contributed by atoms with E-state index in [0.29, 0.717) is 10.9 Å². The van der Waals surface area contributed by atoms with E-state index in [1.54, 1.807) is 12.3 Å². The predicted octanol–water partition coefficient (Wildman–Crippen LogP) is 4.56. The summed E-state index contributed by atoms with van der Waals surface area (Å²) in [5, 5.41) is 0.646. The Hall–Kier alpha value is -1.64. The van der Waals surface area contributed by atoms with Gasteiger partial charge < -0.3 is 4.98 Å². The highest BCUT2D eigenvalue weighted by molar-refractivity contribution is 6.06. The highest BCUT2D eigenvalue weighted by Crippen LogP contribution is 2.19. The highest BCUT2D eigenvalue weighted by Gasteiger charge is 2.07. The molecule has 0 bridgehead atoms. The van der Waals surface area contributed by atoms with Gasteiger partial charge in [0.1, 0.15) is 5.82 Å². The first-order valence-corrected chi connectivity index (χ1v) is 5.96. The molecule has 2 nitrogen and oxygen atoms in total. The van der Waals surface area contributed by atoms with Gasteiger partial charge in [0.2, 0.25) is 0 Å². The first kappa shape index (κ1) is 15.4. The fraction of sp³-hybridized carbons (Fsp3) is 0.357. The van der Waals surface area contributed by atoms with Crippen LogP contribution < -0.4 is 0 Å². The molecule has 0 atom stereocenters. The molecule has 2 aromatic rings. The Kier molecular flexibility index (Phi) is 6.87. The number of nitrogens with one attached hydrogen (secondary N) is 1. The van der Waals surface area contributed by atoms with Crippen LogP contribution in [0.2, 0.25) is 0 Å². The van der Waals surface area contributed by atoms with E-state index in [4.69, 9.17) is 0 Å². The summed E-state index contributed by atoms with van der Waals surface area (Å²) in [5.41, 5.74) is 1.32. The molecular formula is C14H20FNO. The zero-order valence-electron chi connectivity index (χ0n) is 11.1. The minimum atomic E-state index is -0.324. The molecule has 17 heavy (non-hydrogen) atoms. The predicted molar refractivity (Wildman–Crippen MR) is 71.0 cm³/mol. The summed E-state index contributed by atoms with van der Waals surface area (Å²) in [5.74, 6) is -0.383. The van der Waals surface area contributed by atoms with Crippen LogP contribution in [0.25, 0.3) is 10.9 Å². The molecule has 0 amide bonds. The SMILES string of the molecule is CC.CC.CC(=O)c1c[nH]c2ccc(F)cc12. The van der Waals surface area contributed by atoms with Gasteiger partial charge >= 0.3 is 0 Å². The smallest absolute Gasteiger partial charge is 0.161 e. The average Bonchev–Trinajstić information content (AvgIpc) is 2.77. The second-order valence-corrected chi connectivity index (χ2v) is 2.95. The molecule has 0 aliphatic carbocycles. The van der Waals surface area contributed by atoms with Crippen LogP contribution in [0.3, 0.4) is 0 Å². The maximum absolute atomic E-state index is 12.8. The molecule has 0 radical (unpaired) electrons. The molecule has 0 unspecified atom stereocenters. The van der Waals surface area contributed by atoms with E-state index in [2.05, 4.69) is 4.98 Å². The molecule has 0 saturated heterocycles. The topological polar surface area (TPSA) is 32.9 Å². The Morgan fingerprint density at radius 3 is 2.29 bits per heavy atom. The number of benzene rings is 1. The number of aromatic amines is 1. The molecule has 94 valence electrons. The number of aromatic nitrogens is 1. The highest BCUT2D eigenvalue weighted by atomic mass is 19.1. The summed E-state index contributed by atoms with van der Waals surface area (Å²) < 4.78 is 12.8. The number of fused-ring (bicyclic) bond motifs is 1. The third-order valence-corrected chi connectivity index (χ3v) is 2.02. The van der Waals surface area contributed by atoms with Crippen LogP contribution in [-0.2, 0) is 0 Å². The fourth-order valence-corrected chi connectivity index (χ4v) is 1.38. The van der Waals surface area contributed by atoms with E-state index in [0.717, 1.165) is 5.52 Å². The molecule has 1 aromatic heterocycles. The minimum absolute atomic E-state index is 0.0585. The summed E-state index contributed by atoms with van der Waals surface area (Å²) in [4.78, 5) is 14.0. The van der Waals surface area contributed by atoms with Crippen molar-refractivity contribution < 1.29 is 9.18 Å². The molecule has 1 aromatic carbocycles. The van der Waals surface area contributed by atoms with Gasteiger partial charge in [0, 0.05) is 22.7 Å². The monoisotopic (exact) mass is 237 g/mol. The molecule has 0 saturated carbocycles. The van der Waals surface area contributed by atoms with Crippen molar-refractivity contribution in [2.24, 2.45) is 0 Å². The van der Waals surface area contributed by atoms with Crippen LogP contribution in [0.5, 0.6) is 0 Å². The van der Waals surface area contributed by atoms with Crippen LogP contribution in [0.15, 0.2) is 24.4 Å². The second-order valence-electron chi connectivity index (χ2n) is 2.95. The van der Waals surface area contributed by atoms with E-state index < -0.39 is 0 Å². The Labute approximate surface area is 102 Å². The summed E-state index contributed by atoms with van der Waals surface area (Å²) in [6.45, 7) is 9.47. The summed E-state index contributed by atoms with van der Waals surface area (Å²) in [7, 11) is 0. The van der Waals surface area contributed by atoms with Gasteiger partial charge in [0.15, 0.2) is 5.78 Å². The van der Waals surface area contributed by atoms with E-state index in [1.807, 2.05) is 27.7 Å². The number of carbonyl (C=O) groups excluding carboxylic acids is 1. The molecule has 0 aliphatic rings. The fourth-order valence-electron chi connectivity index (χ4n) is 1.38. The van der Waals surface area contributed by atoms with Crippen molar-refractivity contribution in [1.82, 2.24) is 4.98 Å². The molecule has 0 spiro atoms. The quantitative estimate of drug-likeness (QED) is 0.724. The molecule has 1 heterocycles. The van der Waals surface area contributed by atoms with Crippen molar-refractivity contribution in [3.8, 4) is 0 Å². The number of hydrogen-bond donors (Lipinski definition) is 1. The molecule has 0 fully saturated rings. The second kappa shape index (κ2) is 7.60. The van der Waals surface area contributed by atoms with Gasteiger partial charge in [-0.25, -0.2) is 4.39 Å². The standard InChI is InChI=1S/C10H8FNO.2C2H6/c1-6(13)9-5-12-10-3-2-7(11)4-8(9)10;2*1-2/h2-5,12H,1H3;2*1-2H3. The van der Waals surface area contributed by atoms with Crippen molar-refractivity contribution in [2.75, 3.05) is 0 Å².